The molecule has 1 saturated heterocycles. The molecule has 0 radical (unpaired) electrons. The van der Waals surface area contributed by atoms with Crippen LogP contribution in [0.3, 0.4) is 0 Å². The van der Waals surface area contributed by atoms with Gasteiger partial charge in [0.25, 0.3) is 0 Å². The maximum Gasteiger partial charge on any atom is 0.151 e. The summed E-state index contributed by atoms with van der Waals surface area (Å²) in [6, 6.07) is 16.8. The van der Waals surface area contributed by atoms with Gasteiger partial charge >= 0.3 is 0 Å². The number of nitriles is 1. The Labute approximate surface area is 163 Å². The largest absolute Gasteiger partial charge is 0.355 e. The standard InChI is InChI=1S/C22H22FN5/c1-15-2-6-19(7-3-15)28-21(16-4-5-17(14-24)20(23)12-16)13-22(26-28)27-10-8-18(25)9-11-27/h2-7,12-13,18H,8-11,25H2,1H3. The van der Waals surface area contributed by atoms with E-state index in [0.29, 0.717) is 5.56 Å². The highest BCUT2D eigenvalue weighted by molar-refractivity contribution is 5.67. The molecule has 142 valence electrons. The molecule has 5 nitrogen and oxygen atoms in total. The molecule has 28 heavy (non-hydrogen) atoms. The first-order valence-electron chi connectivity index (χ1n) is 9.43. The van der Waals surface area contributed by atoms with E-state index in [4.69, 9.17) is 16.1 Å². The van der Waals surface area contributed by atoms with Crippen LogP contribution in [-0.2, 0) is 0 Å². The van der Waals surface area contributed by atoms with Crippen molar-refractivity contribution in [3.63, 3.8) is 0 Å². The molecule has 0 aliphatic carbocycles. The van der Waals surface area contributed by atoms with Gasteiger partial charge in [-0.1, -0.05) is 23.8 Å². The quantitative estimate of drug-likeness (QED) is 0.756. The number of halogens is 1. The maximum atomic E-state index is 14.3. The number of hydrogen-bond donors (Lipinski definition) is 1. The number of aromatic nitrogens is 2. The molecule has 2 N–H and O–H groups in total. The molecule has 0 unspecified atom stereocenters. The highest BCUT2D eigenvalue weighted by atomic mass is 19.1. The fourth-order valence-electron chi connectivity index (χ4n) is 3.51. The number of aryl methyl sites for hydroxylation is 1. The predicted molar refractivity (Wildman–Crippen MR) is 108 cm³/mol. The van der Waals surface area contributed by atoms with E-state index in [2.05, 4.69) is 4.90 Å². The fraction of sp³-hybridized carbons (Fsp3) is 0.273. The Bertz CT molecular complexity index is 1020. The van der Waals surface area contributed by atoms with Crippen LogP contribution in [-0.4, -0.2) is 28.9 Å². The van der Waals surface area contributed by atoms with Crippen LogP contribution in [0.2, 0.25) is 0 Å². The first kappa shape index (κ1) is 18.2. The van der Waals surface area contributed by atoms with Gasteiger partial charge in [0.2, 0.25) is 0 Å². The lowest BCUT2D eigenvalue weighted by Gasteiger charge is -2.30. The van der Waals surface area contributed by atoms with Gasteiger partial charge in [0.1, 0.15) is 11.9 Å². The van der Waals surface area contributed by atoms with Crippen LogP contribution < -0.4 is 10.6 Å². The van der Waals surface area contributed by atoms with E-state index in [1.807, 2.05) is 48.0 Å². The van der Waals surface area contributed by atoms with E-state index in [1.165, 1.54) is 12.1 Å². The summed E-state index contributed by atoms with van der Waals surface area (Å²) in [4.78, 5) is 2.22. The van der Waals surface area contributed by atoms with E-state index >= 15 is 0 Å². The third-order valence-electron chi connectivity index (χ3n) is 5.22. The first-order valence-corrected chi connectivity index (χ1v) is 9.43. The zero-order valence-electron chi connectivity index (χ0n) is 15.8. The van der Waals surface area contributed by atoms with Crippen molar-refractivity contribution < 1.29 is 4.39 Å². The molecule has 4 rings (SSSR count). The van der Waals surface area contributed by atoms with Crippen molar-refractivity contribution in [1.29, 1.82) is 5.26 Å². The number of nitrogens with two attached hydrogens (primary N) is 1. The molecule has 0 bridgehead atoms. The zero-order valence-corrected chi connectivity index (χ0v) is 15.8. The second-order valence-electron chi connectivity index (χ2n) is 7.27. The van der Waals surface area contributed by atoms with E-state index in [-0.39, 0.29) is 11.6 Å². The summed E-state index contributed by atoms with van der Waals surface area (Å²) >= 11 is 0. The van der Waals surface area contributed by atoms with E-state index in [1.54, 1.807) is 6.07 Å². The van der Waals surface area contributed by atoms with Gasteiger partial charge in [0, 0.05) is 30.8 Å². The Morgan fingerprint density at radius 2 is 1.82 bits per heavy atom. The minimum Gasteiger partial charge on any atom is -0.355 e. The summed E-state index contributed by atoms with van der Waals surface area (Å²) in [5, 5.41) is 13.8. The highest BCUT2D eigenvalue weighted by Crippen LogP contribution is 2.30. The van der Waals surface area contributed by atoms with Crippen molar-refractivity contribution in [1.82, 2.24) is 9.78 Å². The molecule has 0 amide bonds. The van der Waals surface area contributed by atoms with Crippen molar-refractivity contribution in [2.45, 2.75) is 25.8 Å². The third-order valence-corrected chi connectivity index (χ3v) is 5.22. The second-order valence-corrected chi connectivity index (χ2v) is 7.27. The number of nitrogens with zero attached hydrogens (tertiary/aromatic N) is 4. The molecule has 1 fully saturated rings. The number of hydrogen-bond acceptors (Lipinski definition) is 4. The molecule has 0 saturated carbocycles. The number of benzene rings is 2. The van der Waals surface area contributed by atoms with Gasteiger partial charge in [0.15, 0.2) is 5.82 Å². The molecule has 0 atom stereocenters. The minimum atomic E-state index is -0.526. The van der Waals surface area contributed by atoms with Crippen molar-refractivity contribution in [2.24, 2.45) is 5.73 Å². The zero-order chi connectivity index (χ0) is 19.7. The molecule has 6 heteroatoms. The lowest BCUT2D eigenvalue weighted by Crippen LogP contribution is -2.39. The van der Waals surface area contributed by atoms with Crippen LogP contribution in [0.4, 0.5) is 10.2 Å². The van der Waals surface area contributed by atoms with Gasteiger partial charge in [-0.15, -0.1) is 5.10 Å². The summed E-state index contributed by atoms with van der Waals surface area (Å²) < 4.78 is 16.1. The molecule has 3 aromatic rings. The summed E-state index contributed by atoms with van der Waals surface area (Å²) in [6.45, 7) is 3.74. The van der Waals surface area contributed by atoms with Gasteiger partial charge in [-0.3, -0.25) is 0 Å². The second kappa shape index (κ2) is 7.45. The average Bonchev–Trinajstić information content (AvgIpc) is 3.14. The summed E-state index contributed by atoms with van der Waals surface area (Å²) in [6.07, 6.45) is 1.86. The Hall–Kier alpha value is -3.17. The SMILES string of the molecule is Cc1ccc(-n2nc(N3CCC(N)CC3)cc2-c2ccc(C#N)c(F)c2)cc1. The average molecular weight is 375 g/mol. The minimum absolute atomic E-state index is 0.0374. The van der Waals surface area contributed by atoms with Crippen LogP contribution in [0.25, 0.3) is 16.9 Å². The number of rotatable bonds is 3. The molecule has 1 aliphatic heterocycles. The van der Waals surface area contributed by atoms with Gasteiger partial charge < -0.3 is 10.6 Å². The maximum absolute atomic E-state index is 14.3. The van der Waals surface area contributed by atoms with Crippen molar-refractivity contribution >= 4 is 5.82 Å². The molecule has 1 aromatic heterocycles. The molecular formula is C22H22FN5. The Kier molecular flexibility index (Phi) is 4.84. The smallest absolute Gasteiger partial charge is 0.151 e. The fourth-order valence-corrected chi connectivity index (χ4v) is 3.51. The highest BCUT2D eigenvalue weighted by Gasteiger charge is 2.21. The van der Waals surface area contributed by atoms with Crippen LogP contribution in [0.5, 0.6) is 0 Å². The molecule has 2 aromatic carbocycles. The van der Waals surface area contributed by atoms with E-state index < -0.39 is 5.82 Å². The van der Waals surface area contributed by atoms with Crippen LogP contribution in [0.15, 0.2) is 48.5 Å². The normalized spacial score (nSPS) is 14.9. The van der Waals surface area contributed by atoms with Crippen molar-refractivity contribution in [3.8, 4) is 23.0 Å². The summed E-state index contributed by atoms with van der Waals surface area (Å²) in [7, 11) is 0. The Morgan fingerprint density at radius 1 is 1.11 bits per heavy atom. The third kappa shape index (κ3) is 3.49. The van der Waals surface area contributed by atoms with Crippen LogP contribution in [0.1, 0.15) is 24.0 Å². The Morgan fingerprint density at radius 3 is 2.46 bits per heavy atom. The van der Waals surface area contributed by atoms with Gasteiger partial charge in [-0.25, -0.2) is 9.07 Å². The van der Waals surface area contributed by atoms with E-state index in [0.717, 1.165) is 48.7 Å². The lowest BCUT2D eigenvalue weighted by molar-refractivity contribution is 0.498. The molecule has 0 spiro atoms. The summed E-state index contributed by atoms with van der Waals surface area (Å²) in [5.41, 5.74) is 9.61. The lowest BCUT2D eigenvalue weighted by atomic mass is 10.1. The van der Waals surface area contributed by atoms with Gasteiger partial charge in [-0.05, 0) is 44.0 Å². The van der Waals surface area contributed by atoms with Gasteiger partial charge in [-0.2, -0.15) is 5.26 Å². The Balaban J connectivity index is 1.80. The van der Waals surface area contributed by atoms with E-state index in [9.17, 15) is 4.39 Å². The topological polar surface area (TPSA) is 70.9 Å². The number of piperidine rings is 1. The molecular weight excluding hydrogens is 353 g/mol. The predicted octanol–water partition coefficient (Wildman–Crippen LogP) is 3.79. The first-order chi connectivity index (χ1) is 13.5. The summed E-state index contributed by atoms with van der Waals surface area (Å²) in [5.74, 6) is 0.328. The monoisotopic (exact) mass is 375 g/mol. The van der Waals surface area contributed by atoms with Crippen LogP contribution >= 0.6 is 0 Å². The van der Waals surface area contributed by atoms with Crippen molar-refractivity contribution in [3.05, 3.63) is 65.5 Å². The van der Waals surface area contributed by atoms with Crippen LogP contribution in [0, 0.1) is 24.1 Å². The number of anilines is 1. The van der Waals surface area contributed by atoms with Crippen molar-refractivity contribution in [2.75, 3.05) is 18.0 Å². The molecule has 2 heterocycles. The van der Waals surface area contributed by atoms with Gasteiger partial charge in [0.05, 0.1) is 16.9 Å². The molecule has 1 aliphatic rings.